The van der Waals surface area contributed by atoms with Crippen molar-refractivity contribution in [1.29, 1.82) is 0 Å². The molecule has 110 valence electrons. The van der Waals surface area contributed by atoms with E-state index in [1.807, 2.05) is 24.3 Å². The lowest BCUT2D eigenvalue weighted by molar-refractivity contribution is 0.562. The van der Waals surface area contributed by atoms with E-state index in [4.69, 9.17) is 23.2 Å². The van der Waals surface area contributed by atoms with Crippen LogP contribution >= 0.6 is 23.2 Å². The molecule has 0 aliphatic carbocycles. The van der Waals surface area contributed by atoms with Crippen LogP contribution in [0.3, 0.4) is 0 Å². The molecule has 3 heteroatoms. The molecular weight excluding hydrogens is 301 g/mol. The molecule has 1 atom stereocenters. The third-order valence-electron chi connectivity index (χ3n) is 4.17. The SMILES string of the molecule is CC(C)c1cccc(Cl)c1C1NCCc2cccc(Cl)c21. The number of hydrogen-bond acceptors (Lipinski definition) is 1. The van der Waals surface area contributed by atoms with Crippen LogP contribution in [0.15, 0.2) is 36.4 Å². The molecule has 0 aromatic heterocycles. The van der Waals surface area contributed by atoms with Crippen molar-refractivity contribution in [2.45, 2.75) is 32.2 Å². The van der Waals surface area contributed by atoms with Crippen LogP contribution in [0.1, 0.15) is 48.1 Å². The fourth-order valence-electron chi connectivity index (χ4n) is 3.18. The Morgan fingerprint density at radius 2 is 1.67 bits per heavy atom. The molecule has 0 bridgehead atoms. The molecule has 21 heavy (non-hydrogen) atoms. The van der Waals surface area contributed by atoms with Crippen LogP contribution in [0.2, 0.25) is 10.0 Å². The second-order valence-corrected chi connectivity index (χ2v) is 6.66. The first-order chi connectivity index (χ1) is 10.1. The molecule has 2 aromatic carbocycles. The lowest BCUT2D eigenvalue weighted by atomic mass is 9.85. The van der Waals surface area contributed by atoms with Gasteiger partial charge in [-0.25, -0.2) is 0 Å². The molecule has 0 saturated heterocycles. The highest BCUT2D eigenvalue weighted by Gasteiger charge is 2.27. The lowest BCUT2D eigenvalue weighted by Crippen LogP contribution is -2.32. The van der Waals surface area contributed by atoms with Crippen LogP contribution < -0.4 is 5.32 Å². The normalized spacial score (nSPS) is 17.9. The van der Waals surface area contributed by atoms with Gasteiger partial charge in [0, 0.05) is 16.6 Å². The van der Waals surface area contributed by atoms with Crippen molar-refractivity contribution in [2.75, 3.05) is 6.54 Å². The predicted octanol–water partition coefficient (Wildman–Crippen LogP) is 5.35. The predicted molar refractivity (Wildman–Crippen MR) is 90.5 cm³/mol. The summed E-state index contributed by atoms with van der Waals surface area (Å²) in [5.74, 6) is 0.424. The Balaban J connectivity index is 2.20. The van der Waals surface area contributed by atoms with Crippen molar-refractivity contribution in [1.82, 2.24) is 5.32 Å². The number of halogens is 2. The van der Waals surface area contributed by atoms with E-state index < -0.39 is 0 Å². The molecule has 3 rings (SSSR count). The van der Waals surface area contributed by atoms with E-state index in [0.717, 1.165) is 23.0 Å². The summed E-state index contributed by atoms with van der Waals surface area (Å²) in [6.07, 6.45) is 1.01. The fraction of sp³-hybridized carbons (Fsp3) is 0.333. The second kappa shape index (κ2) is 6.00. The molecule has 0 amide bonds. The fourth-order valence-corrected chi connectivity index (χ4v) is 3.78. The van der Waals surface area contributed by atoms with Crippen molar-refractivity contribution in [3.05, 3.63) is 68.7 Å². The monoisotopic (exact) mass is 319 g/mol. The van der Waals surface area contributed by atoms with Crippen LogP contribution in [-0.4, -0.2) is 6.54 Å². The van der Waals surface area contributed by atoms with E-state index in [1.165, 1.54) is 22.3 Å². The Hall–Kier alpha value is -1.02. The maximum atomic E-state index is 6.54. The summed E-state index contributed by atoms with van der Waals surface area (Å²) >= 11 is 13.0. The van der Waals surface area contributed by atoms with Crippen molar-refractivity contribution < 1.29 is 0 Å². The summed E-state index contributed by atoms with van der Waals surface area (Å²) in [6.45, 7) is 5.35. The third kappa shape index (κ3) is 2.70. The molecule has 1 aliphatic heterocycles. The van der Waals surface area contributed by atoms with Gasteiger partial charge >= 0.3 is 0 Å². The van der Waals surface area contributed by atoms with Gasteiger partial charge in [0.25, 0.3) is 0 Å². The van der Waals surface area contributed by atoms with E-state index >= 15 is 0 Å². The number of benzene rings is 2. The smallest absolute Gasteiger partial charge is 0.0611 e. The maximum Gasteiger partial charge on any atom is 0.0611 e. The van der Waals surface area contributed by atoms with Gasteiger partial charge in [0.2, 0.25) is 0 Å². The first kappa shape index (κ1) is 14.9. The minimum Gasteiger partial charge on any atom is -0.306 e. The van der Waals surface area contributed by atoms with Crippen LogP contribution in [0.25, 0.3) is 0 Å². The van der Waals surface area contributed by atoms with E-state index in [9.17, 15) is 0 Å². The highest BCUT2D eigenvalue weighted by Crippen LogP contribution is 2.40. The molecule has 0 spiro atoms. The summed E-state index contributed by atoms with van der Waals surface area (Å²) in [5, 5.41) is 5.23. The molecule has 1 nitrogen and oxygen atoms in total. The van der Waals surface area contributed by atoms with E-state index in [2.05, 4.69) is 31.3 Å². The number of nitrogens with one attached hydrogen (secondary N) is 1. The Kier molecular flexibility index (Phi) is 4.26. The molecule has 1 unspecified atom stereocenters. The third-order valence-corrected chi connectivity index (χ3v) is 4.83. The lowest BCUT2D eigenvalue weighted by Gasteiger charge is -2.31. The van der Waals surface area contributed by atoms with Gasteiger partial charge in [0.05, 0.1) is 6.04 Å². The summed E-state index contributed by atoms with van der Waals surface area (Å²) in [4.78, 5) is 0. The highest BCUT2D eigenvalue weighted by atomic mass is 35.5. The molecule has 0 fully saturated rings. The average Bonchev–Trinajstić information content (AvgIpc) is 2.46. The zero-order valence-corrected chi connectivity index (χ0v) is 13.8. The van der Waals surface area contributed by atoms with E-state index in [-0.39, 0.29) is 6.04 Å². The standard InChI is InChI=1S/C18H19Cl2N/c1-11(2)13-6-4-8-15(20)17(13)18-16-12(9-10-21-18)5-3-7-14(16)19/h3-8,11,18,21H,9-10H2,1-2H3. The minimum atomic E-state index is 0.0774. The van der Waals surface area contributed by atoms with Gasteiger partial charge in [0.15, 0.2) is 0 Å². The maximum absolute atomic E-state index is 6.54. The van der Waals surface area contributed by atoms with Gasteiger partial charge in [-0.05, 0) is 46.7 Å². The number of rotatable bonds is 2. The van der Waals surface area contributed by atoms with Crippen LogP contribution in [0.4, 0.5) is 0 Å². The van der Waals surface area contributed by atoms with Crippen LogP contribution in [-0.2, 0) is 6.42 Å². The number of hydrogen-bond donors (Lipinski definition) is 1. The first-order valence-electron chi connectivity index (χ1n) is 7.38. The summed E-state index contributed by atoms with van der Waals surface area (Å²) in [6, 6.07) is 12.4. The van der Waals surface area contributed by atoms with Gasteiger partial charge in [-0.15, -0.1) is 0 Å². The Bertz CT molecular complexity index is 664. The molecule has 0 radical (unpaired) electrons. The van der Waals surface area contributed by atoms with Crippen LogP contribution in [0, 0.1) is 0 Å². The molecule has 1 heterocycles. The van der Waals surface area contributed by atoms with E-state index in [0.29, 0.717) is 5.92 Å². The Morgan fingerprint density at radius 1 is 1.00 bits per heavy atom. The topological polar surface area (TPSA) is 12.0 Å². The van der Waals surface area contributed by atoms with Gasteiger partial charge in [-0.3, -0.25) is 0 Å². The van der Waals surface area contributed by atoms with Gasteiger partial charge in [-0.2, -0.15) is 0 Å². The second-order valence-electron chi connectivity index (χ2n) is 5.85. The van der Waals surface area contributed by atoms with Crippen LogP contribution in [0.5, 0.6) is 0 Å². The average molecular weight is 320 g/mol. The zero-order valence-electron chi connectivity index (χ0n) is 12.3. The Labute approximate surface area is 136 Å². The Morgan fingerprint density at radius 3 is 2.38 bits per heavy atom. The van der Waals surface area contributed by atoms with E-state index in [1.54, 1.807) is 0 Å². The molecular formula is C18H19Cl2N. The van der Waals surface area contributed by atoms with Crippen molar-refractivity contribution in [3.63, 3.8) is 0 Å². The van der Waals surface area contributed by atoms with Gasteiger partial charge in [-0.1, -0.05) is 61.3 Å². The van der Waals surface area contributed by atoms with Crippen molar-refractivity contribution in [3.8, 4) is 0 Å². The highest BCUT2D eigenvalue weighted by molar-refractivity contribution is 6.32. The quantitative estimate of drug-likeness (QED) is 0.786. The van der Waals surface area contributed by atoms with Gasteiger partial charge in [0.1, 0.15) is 0 Å². The molecule has 0 saturated carbocycles. The number of fused-ring (bicyclic) bond motifs is 1. The minimum absolute atomic E-state index is 0.0774. The van der Waals surface area contributed by atoms with Crippen molar-refractivity contribution >= 4 is 23.2 Å². The zero-order chi connectivity index (χ0) is 15.0. The van der Waals surface area contributed by atoms with Gasteiger partial charge < -0.3 is 5.32 Å². The molecule has 1 N–H and O–H groups in total. The summed E-state index contributed by atoms with van der Waals surface area (Å²) in [7, 11) is 0. The van der Waals surface area contributed by atoms with Crippen molar-refractivity contribution in [2.24, 2.45) is 0 Å². The first-order valence-corrected chi connectivity index (χ1v) is 8.14. The molecule has 2 aromatic rings. The largest absolute Gasteiger partial charge is 0.306 e. The summed E-state index contributed by atoms with van der Waals surface area (Å²) in [5.41, 5.74) is 4.96. The molecule has 1 aliphatic rings. The summed E-state index contributed by atoms with van der Waals surface area (Å²) < 4.78 is 0.